The average Bonchev–Trinajstić information content (AvgIpc) is 2.47. The first-order valence-corrected chi connectivity index (χ1v) is 8.55. The second-order valence-corrected chi connectivity index (χ2v) is 7.19. The Labute approximate surface area is 129 Å². The highest BCUT2D eigenvalue weighted by Crippen LogP contribution is 2.36. The quantitative estimate of drug-likeness (QED) is 0.921. The number of hydrogen-bond acceptors (Lipinski definition) is 3. The van der Waals surface area contributed by atoms with Gasteiger partial charge in [-0.05, 0) is 63.1 Å². The molecule has 2 fully saturated rings. The molecule has 2 aliphatic rings. The molecule has 0 radical (unpaired) electrons. The van der Waals surface area contributed by atoms with Gasteiger partial charge in [0.05, 0.1) is 0 Å². The maximum absolute atomic E-state index is 4.13. The maximum Gasteiger partial charge on any atom is 0.0295 e. The number of hydrogen-bond donors (Lipinski definition) is 1. The van der Waals surface area contributed by atoms with Crippen molar-refractivity contribution >= 4 is 0 Å². The van der Waals surface area contributed by atoms with Crippen molar-refractivity contribution < 1.29 is 0 Å². The van der Waals surface area contributed by atoms with Gasteiger partial charge in [-0.15, -0.1) is 0 Å². The molecule has 2 heterocycles. The van der Waals surface area contributed by atoms with Crippen molar-refractivity contribution in [1.82, 2.24) is 15.2 Å². The topological polar surface area (TPSA) is 28.2 Å². The number of pyridine rings is 1. The smallest absolute Gasteiger partial charge is 0.0295 e. The van der Waals surface area contributed by atoms with Crippen LogP contribution in [0.4, 0.5) is 0 Å². The molecule has 21 heavy (non-hydrogen) atoms. The maximum atomic E-state index is 4.13. The number of piperidine rings is 1. The lowest BCUT2D eigenvalue weighted by atomic mass is 9.73. The highest BCUT2D eigenvalue weighted by Gasteiger charge is 2.40. The SMILES string of the molecule is CC(C)N1CC2CCCC(C1)C2N[C@@H](C)c1ccncc1. The molecule has 0 amide bonds. The standard InChI is InChI=1S/C18H29N3/c1-13(2)21-11-16-5-4-6-17(12-21)18(16)20-14(3)15-7-9-19-10-8-15/h7-10,13-14,16-18,20H,4-6,11-12H2,1-3H3/t14-,16?,17?,18?/m0/s1. The zero-order chi connectivity index (χ0) is 14.8. The predicted octanol–water partition coefficient (Wildman–Crippen LogP) is 3.24. The minimum atomic E-state index is 0.423. The molecular weight excluding hydrogens is 258 g/mol. The number of nitrogens with zero attached hydrogens (tertiary/aromatic N) is 2. The zero-order valence-electron chi connectivity index (χ0n) is 13.6. The Morgan fingerprint density at radius 2 is 1.71 bits per heavy atom. The van der Waals surface area contributed by atoms with E-state index in [4.69, 9.17) is 0 Å². The van der Waals surface area contributed by atoms with Crippen LogP contribution >= 0.6 is 0 Å². The molecule has 3 atom stereocenters. The van der Waals surface area contributed by atoms with E-state index in [0.29, 0.717) is 18.1 Å². The van der Waals surface area contributed by atoms with Crippen LogP contribution in [0.25, 0.3) is 0 Å². The molecule has 1 saturated carbocycles. The number of likely N-dealkylation sites (tertiary alicyclic amines) is 1. The Bertz CT molecular complexity index is 431. The molecule has 1 saturated heterocycles. The van der Waals surface area contributed by atoms with E-state index in [1.807, 2.05) is 12.4 Å². The first-order valence-electron chi connectivity index (χ1n) is 8.55. The number of nitrogens with one attached hydrogen (secondary N) is 1. The summed E-state index contributed by atoms with van der Waals surface area (Å²) in [5.41, 5.74) is 1.36. The van der Waals surface area contributed by atoms with Crippen molar-refractivity contribution in [2.75, 3.05) is 13.1 Å². The van der Waals surface area contributed by atoms with E-state index in [-0.39, 0.29) is 0 Å². The molecule has 0 spiro atoms. The largest absolute Gasteiger partial charge is 0.307 e. The van der Waals surface area contributed by atoms with Crippen LogP contribution < -0.4 is 5.32 Å². The Hall–Kier alpha value is -0.930. The number of rotatable bonds is 4. The summed E-state index contributed by atoms with van der Waals surface area (Å²) in [7, 11) is 0. The van der Waals surface area contributed by atoms with Gasteiger partial charge in [0.2, 0.25) is 0 Å². The van der Waals surface area contributed by atoms with Crippen molar-refractivity contribution in [3.63, 3.8) is 0 Å². The van der Waals surface area contributed by atoms with Gasteiger partial charge in [0.15, 0.2) is 0 Å². The Morgan fingerprint density at radius 1 is 1.10 bits per heavy atom. The minimum Gasteiger partial charge on any atom is -0.307 e. The van der Waals surface area contributed by atoms with E-state index in [0.717, 1.165) is 11.8 Å². The monoisotopic (exact) mass is 287 g/mol. The van der Waals surface area contributed by atoms with E-state index >= 15 is 0 Å². The van der Waals surface area contributed by atoms with Gasteiger partial charge in [-0.25, -0.2) is 0 Å². The van der Waals surface area contributed by atoms with E-state index in [9.17, 15) is 0 Å². The fourth-order valence-corrected chi connectivity index (χ4v) is 4.20. The lowest BCUT2D eigenvalue weighted by molar-refractivity contribution is 0.0257. The molecule has 1 aromatic rings. The molecule has 116 valence electrons. The van der Waals surface area contributed by atoms with E-state index in [1.165, 1.54) is 37.9 Å². The second-order valence-electron chi connectivity index (χ2n) is 7.19. The molecule has 3 nitrogen and oxygen atoms in total. The van der Waals surface area contributed by atoms with Gasteiger partial charge >= 0.3 is 0 Å². The predicted molar refractivity (Wildman–Crippen MR) is 87.1 cm³/mol. The van der Waals surface area contributed by atoms with Gasteiger partial charge in [0, 0.05) is 43.6 Å². The van der Waals surface area contributed by atoms with Gasteiger partial charge in [-0.1, -0.05) is 6.42 Å². The van der Waals surface area contributed by atoms with Crippen molar-refractivity contribution in [3.8, 4) is 0 Å². The highest BCUT2D eigenvalue weighted by molar-refractivity contribution is 5.14. The van der Waals surface area contributed by atoms with Gasteiger partial charge in [-0.2, -0.15) is 0 Å². The average molecular weight is 287 g/mol. The van der Waals surface area contributed by atoms with E-state index < -0.39 is 0 Å². The molecule has 1 aliphatic carbocycles. The molecule has 2 unspecified atom stereocenters. The van der Waals surface area contributed by atoms with Crippen molar-refractivity contribution in [1.29, 1.82) is 0 Å². The van der Waals surface area contributed by atoms with Crippen LogP contribution in [0.3, 0.4) is 0 Å². The first kappa shape index (κ1) is 15.0. The number of aromatic nitrogens is 1. The lowest BCUT2D eigenvalue weighted by Crippen LogP contribution is -2.58. The van der Waals surface area contributed by atoms with E-state index in [1.54, 1.807) is 0 Å². The Balaban J connectivity index is 1.68. The normalized spacial score (nSPS) is 31.3. The fourth-order valence-electron chi connectivity index (χ4n) is 4.20. The Kier molecular flexibility index (Phi) is 4.60. The molecular formula is C18H29N3. The van der Waals surface area contributed by atoms with Gasteiger partial charge in [-0.3, -0.25) is 4.98 Å². The van der Waals surface area contributed by atoms with Gasteiger partial charge < -0.3 is 10.2 Å². The third kappa shape index (κ3) is 3.29. The summed E-state index contributed by atoms with van der Waals surface area (Å²) in [5.74, 6) is 1.65. The fraction of sp³-hybridized carbons (Fsp3) is 0.722. The molecule has 1 N–H and O–H groups in total. The minimum absolute atomic E-state index is 0.423. The Morgan fingerprint density at radius 3 is 2.29 bits per heavy atom. The second kappa shape index (κ2) is 6.45. The lowest BCUT2D eigenvalue weighted by Gasteiger charge is -2.49. The zero-order valence-corrected chi connectivity index (χ0v) is 13.6. The van der Waals surface area contributed by atoms with Crippen LogP contribution in [0.15, 0.2) is 24.5 Å². The van der Waals surface area contributed by atoms with Gasteiger partial charge in [0.1, 0.15) is 0 Å². The first-order chi connectivity index (χ1) is 10.1. The van der Waals surface area contributed by atoms with Crippen LogP contribution in [-0.2, 0) is 0 Å². The van der Waals surface area contributed by atoms with Crippen molar-refractivity contribution in [2.24, 2.45) is 11.8 Å². The summed E-state index contributed by atoms with van der Waals surface area (Å²) < 4.78 is 0. The summed E-state index contributed by atoms with van der Waals surface area (Å²) >= 11 is 0. The molecule has 3 rings (SSSR count). The van der Waals surface area contributed by atoms with Gasteiger partial charge in [0.25, 0.3) is 0 Å². The summed E-state index contributed by atoms with van der Waals surface area (Å²) in [6, 6.07) is 6.07. The van der Waals surface area contributed by atoms with Crippen LogP contribution in [0.1, 0.15) is 51.6 Å². The summed E-state index contributed by atoms with van der Waals surface area (Å²) in [4.78, 5) is 6.81. The molecule has 2 bridgehead atoms. The summed E-state index contributed by atoms with van der Waals surface area (Å²) in [6.07, 6.45) is 8.00. The van der Waals surface area contributed by atoms with E-state index in [2.05, 4.69) is 48.1 Å². The van der Waals surface area contributed by atoms with Crippen LogP contribution in [0, 0.1) is 11.8 Å². The van der Waals surface area contributed by atoms with Crippen LogP contribution in [0.2, 0.25) is 0 Å². The third-order valence-electron chi connectivity index (χ3n) is 5.48. The molecule has 1 aliphatic heterocycles. The van der Waals surface area contributed by atoms with Crippen molar-refractivity contribution in [3.05, 3.63) is 30.1 Å². The molecule has 1 aromatic heterocycles. The summed E-state index contributed by atoms with van der Waals surface area (Å²) in [5, 5.41) is 3.94. The molecule has 3 heteroatoms. The molecule has 0 aromatic carbocycles. The number of fused-ring (bicyclic) bond motifs is 2. The van der Waals surface area contributed by atoms with Crippen LogP contribution in [-0.4, -0.2) is 35.1 Å². The van der Waals surface area contributed by atoms with Crippen molar-refractivity contribution in [2.45, 2.75) is 58.2 Å². The summed E-state index contributed by atoms with van der Waals surface area (Å²) in [6.45, 7) is 9.51. The highest BCUT2D eigenvalue weighted by atomic mass is 15.2. The third-order valence-corrected chi connectivity index (χ3v) is 5.48. The van der Waals surface area contributed by atoms with Crippen LogP contribution in [0.5, 0.6) is 0 Å².